The minimum Gasteiger partial charge on any atom is -0.494 e. The molecule has 0 unspecified atom stereocenters. The number of benzene rings is 4. The third-order valence-corrected chi connectivity index (χ3v) is 12.9. The van der Waals surface area contributed by atoms with Gasteiger partial charge in [0.05, 0.1) is 52.2 Å². The van der Waals surface area contributed by atoms with Gasteiger partial charge < -0.3 is 14.5 Å². The van der Waals surface area contributed by atoms with Crippen LogP contribution in [-0.2, 0) is 0 Å². The zero-order valence-electron chi connectivity index (χ0n) is 38.7. The van der Waals surface area contributed by atoms with Crippen molar-refractivity contribution >= 4 is 45.1 Å². The highest BCUT2D eigenvalue weighted by Gasteiger charge is 2.27. The molecule has 8 bridgehead atoms. The van der Waals surface area contributed by atoms with Crippen LogP contribution in [-0.4, -0.2) is 52.3 Å². The lowest BCUT2D eigenvalue weighted by Crippen LogP contribution is -2.15. The average molecular weight is 897 g/mol. The number of hydrogen-bond donors (Lipinski definition) is 0. The molecule has 0 fully saturated rings. The third-order valence-electron chi connectivity index (χ3n) is 12.9. The molecule has 336 valence electrons. The number of hydrogen-bond acceptors (Lipinski definition) is 7. The van der Waals surface area contributed by atoms with E-state index in [1.165, 1.54) is 11.1 Å². The Balaban J connectivity index is 0.875. The Kier molecular flexibility index (Phi) is 12.4. The maximum atomic E-state index is 6.32. The van der Waals surface area contributed by atoms with Crippen LogP contribution in [0.15, 0.2) is 267 Å². The highest BCUT2D eigenvalue weighted by atomic mass is 16.5. The Hall–Kier alpha value is -8.42. The van der Waals surface area contributed by atoms with Crippen molar-refractivity contribution in [1.29, 1.82) is 0 Å². The minimum absolute atomic E-state index is 0.656. The van der Waals surface area contributed by atoms with Crippen LogP contribution in [0.5, 0.6) is 5.75 Å². The molecule has 0 atom stereocenters. The van der Waals surface area contributed by atoms with Crippen molar-refractivity contribution in [3.63, 3.8) is 0 Å². The van der Waals surface area contributed by atoms with Gasteiger partial charge in [0.1, 0.15) is 5.75 Å². The first-order valence-corrected chi connectivity index (χ1v) is 24.1. The second-order valence-corrected chi connectivity index (χ2v) is 17.5. The Morgan fingerprint density at radius 3 is 1.10 bits per heavy atom. The summed E-state index contributed by atoms with van der Waals surface area (Å²) in [7, 11) is 0. The van der Waals surface area contributed by atoms with Crippen molar-refractivity contribution in [2.45, 2.75) is 32.6 Å². The zero-order valence-corrected chi connectivity index (χ0v) is 38.7. The molecule has 0 saturated carbocycles. The predicted molar refractivity (Wildman–Crippen MR) is 286 cm³/mol. The Morgan fingerprint density at radius 2 is 0.725 bits per heavy atom. The van der Waals surface area contributed by atoms with E-state index >= 15 is 0 Å². The van der Waals surface area contributed by atoms with E-state index in [1.54, 1.807) is 0 Å². The molecule has 0 aliphatic carbocycles. The maximum absolute atomic E-state index is 6.32. The number of nitrogens with zero attached hydrogens (tertiary/aromatic N) is 6. The standard InChI is InChI=1S/C62H52N6O/c1-2-37-67-39-33-44(34-40-67)45-35-41-68(42-36-45)38-13-6-14-43-69-50-23-21-49(22-24-50)62-57-31-29-55(65-57)60(47-17-9-4-10-18-47)53-27-25-51(63-53)59(46-15-7-3-8-16-46)52-26-28-54(64-52)61(48-19-11-5-12-20-48)56-30-32-58(62)66-56/h3-5,7-12,15-36,39-42H,2,6,13-14,37-38,43H2,1H3. The van der Waals surface area contributed by atoms with E-state index in [-0.39, 0.29) is 0 Å². The van der Waals surface area contributed by atoms with Gasteiger partial charge in [0.2, 0.25) is 0 Å². The van der Waals surface area contributed by atoms with Gasteiger partial charge in [0.15, 0.2) is 0 Å². The zero-order chi connectivity index (χ0) is 46.4. The monoisotopic (exact) mass is 896 g/mol. The Labute approximate surface area is 405 Å². The van der Waals surface area contributed by atoms with E-state index in [1.807, 2.05) is 18.2 Å². The first kappa shape index (κ1) is 43.2. The van der Waals surface area contributed by atoms with Crippen molar-refractivity contribution in [1.82, 2.24) is 9.80 Å². The molecule has 7 heteroatoms. The predicted octanol–water partition coefficient (Wildman–Crippen LogP) is 13.6. The minimum atomic E-state index is 0.656. The summed E-state index contributed by atoms with van der Waals surface area (Å²) in [5, 5.41) is 0. The molecule has 0 aromatic heterocycles. The van der Waals surface area contributed by atoms with Gasteiger partial charge in [-0.2, -0.15) is 0 Å². The summed E-state index contributed by atoms with van der Waals surface area (Å²) in [6.07, 6.45) is 38.7. The molecular formula is C62H52N6O. The van der Waals surface area contributed by atoms with Crippen LogP contribution in [0.1, 0.15) is 54.9 Å². The summed E-state index contributed by atoms with van der Waals surface area (Å²) in [4.78, 5) is 26.1. The molecular weight excluding hydrogens is 845 g/mol. The van der Waals surface area contributed by atoms with Crippen LogP contribution in [0.3, 0.4) is 0 Å². The van der Waals surface area contributed by atoms with Gasteiger partial charge in [-0.05, 0) is 144 Å². The van der Waals surface area contributed by atoms with Gasteiger partial charge in [-0.25, -0.2) is 20.0 Å². The molecule has 0 N–H and O–H groups in total. The highest BCUT2D eigenvalue weighted by Crippen LogP contribution is 2.39. The first-order chi connectivity index (χ1) is 34.1. The van der Waals surface area contributed by atoms with Crippen molar-refractivity contribution in [2.75, 3.05) is 19.7 Å². The average Bonchev–Trinajstić information content (AvgIpc) is 4.26. The number of ether oxygens (including phenoxy) is 1. The maximum Gasteiger partial charge on any atom is 0.119 e. The van der Waals surface area contributed by atoms with Crippen LogP contribution in [0.2, 0.25) is 0 Å². The largest absolute Gasteiger partial charge is 0.494 e. The van der Waals surface area contributed by atoms with E-state index < -0.39 is 0 Å². The van der Waals surface area contributed by atoms with Gasteiger partial charge in [0, 0.05) is 60.2 Å². The molecule has 0 saturated heterocycles. The summed E-state index contributed by atoms with van der Waals surface area (Å²) in [5.74, 6) is 0.841. The molecule has 7 nitrogen and oxygen atoms in total. The van der Waals surface area contributed by atoms with Gasteiger partial charge >= 0.3 is 0 Å². The molecule has 0 amide bonds. The van der Waals surface area contributed by atoms with E-state index in [0.29, 0.717) is 6.61 Å². The highest BCUT2D eigenvalue weighted by molar-refractivity contribution is 6.39. The SMILES string of the molecule is CCCN1C=CC(=C2C=CN(CCCCCOc3ccc(C4=C5C=CC(=N5)C(c5ccccc5)=C5C=CC(=N5)C(c5ccccc5)=C5C=CC(=N5)C(c5ccccc5)=C5C=CC4=N5)cc3)C=C2)C=C1. The van der Waals surface area contributed by atoms with Gasteiger partial charge in [-0.3, -0.25) is 0 Å². The number of allylic oxidation sites excluding steroid dienone is 18. The first-order valence-electron chi connectivity index (χ1n) is 24.1. The van der Waals surface area contributed by atoms with Crippen LogP contribution >= 0.6 is 0 Å². The smallest absolute Gasteiger partial charge is 0.119 e. The van der Waals surface area contributed by atoms with Crippen molar-refractivity contribution in [3.05, 3.63) is 269 Å². The Bertz CT molecular complexity index is 3160. The Morgan fingerprint density at radius 1 is 0.362 bits per heavy atom. The van der Waals surface area contributed by atoms with Crippen molar-refractivity contribution in [3.8, 4) is 5.75 Å². The normalized spacial score (nSPS) is 17.9. The summed E-state index contributed by atoms with van der Waals surface area (Å²) in [6.45, 7) is 4.88. The summed E-state index contributed by atoms with van der Waals surface area (Å²) < 4.78 is 6.32. The summed E-state index contributed by atoms with van der Waals surface area (Å²) in [5.41, 5.74) is 17.2. The fourth-order valence-electron chi connectivity index (χ4n) is 9.42. The molecule has 4 aromatic carbocycles. The number of rotatable bonds is 13. The third kappa shape index (κ3) is 9.32. The van der Waals surface area contributed by atoms with Crippen LogP contribution in [0.25, 0.3) is 22.3 Å². The quantitative estimate of drug-likeness (QED) is 0.126. The molecule has 69 heavy (non-hydrogen) atoms. The lowest BCUT2D eigenvalue weighted by molar-refractivity contribution is 0.302. The fourth-order valence-corrected chi connectivity index (χ4v) is 9.42. The molecule has 7 aliphatic heterocycles. The lowest BCUT2D eigenvalue weighted by atomic mass is 9.98. The summed E-state index contributed by atoms with van der Waals surface area (Å²) in [6, 6.07) is 39.7. The number of unbranched alkanes of at least 4 members (excludes halogenated alkanes) is 2. The topological polar surface area (TPSA) is 65.2 Å². The van der Waals surface area contributed by atoms with Crippen LogP contribution < -0.4 is 4.74 Å². The van der Waals surface area contributed by atoms with Gasteiger partial charge in [-0.15, -0.1) is 0 Å². The molecule has 7 heterocycles. The van der Waals surface area contributed by atoms with Gasteiger partial charge in [0.25, 0.3) is 0 Å². The van der Waals surface area contributed by atoms with Crippen molar-refractivity contribution in [2.24, 2.45) is 20.0 Å². The van der Waals surface area contributed by atoms with E-state index in [0.717, 1.165) is 135 Å². The number of fused-ring (bicyclic) bond motifs is 4. The van der Waals surface area contributed by atoms with Crippen molar-refractivity contribution < 1.29 is 4.74 Å². The van der Waals surface area contributed by atoms with Gasteiger partial charge in [-0.1, -0.05) is 110 Å². The van der Waals surface area contributed by atoms with Crippen LogP contribution in [0.4, 0.5) is 0 Å². The second-order valence-electron chi connectivity index (χ2n) is 17.5. The molecule has 4 aromatic rings. The second kappa shape index (κ2) is 19.8. The number of aliphatic imine (C=N–C) groups is 4. The van der Waals surface area contributed by atoms with Crippen LogP contribution in [0, 0.1) is 0 Å². The molecule has 7 aliphatic rings. The molecule has 11 rings (SSSR count). The molecule has 0 spiro atoms. The lowest BCUT2D eigenvalue weighted by Gasteiger charge is -2.21. The van der Waals surface area contributed by atoms with E-state index in [4.69, 9.17) is 24.7 Å². The van der Waals surface area contributed by atoms with E-state index in [9.17, 15) is 0 Å². The summed E-state index contributed by atoms with van der Waals surface area (Å²) >= 11 is 0. The fraction of sp³-hybridized carbons (Fsp3) is 0.129. The van der Waals surface area contributed by atoms with E-state index in [2.05, 4.69) is 211 Å². The molecule has 0 radical (unpaired) electrons.